The normalized spacial score (nSPS) is 10.1. The average Bonchev–Trinajstić information content (AvgIpc) is 2.47. The van der Waals surface area contributed by atoms with E-state index in [1.165, 1.54) is 5.56 Å². The van der Waals surface area contributed by atoms with E-state index in [1.54, 1.807) is 0 Å². The molecule has 0 saturated carbocycles. The Morgan fingerprint density at radius 1 is 1.00 bits per heavy atom. The molecule has 0 aliphatic heterocycles. The standard InChI is InChI=1S/C16H17BrN2O/c1-2-12-5-9-15(10-6-12)19-16(20)18-11-13-3-7-14(17)8-4-13/h3-10H,2,11H2,1H3,(H2,18,19,20). The van der Waals surface area contributed by atoms with Crippen LogP contribution in [0.25, 0.3) is 0 Å². The van der Waals surface area contributed by atoms with Gasteiger partial charge in [0.25, 0.3) is 0 Å². The molecule has 0 bridgehead atoms. The maximum absolute atomic E-state index is 11.8. The molecule has 104 valence electrons. The summed E-state index contributed by atoms with van der Waals surface area (Å²) < 4.78 is 1.03. The summed E-state index contributed by atoms with van der Waals surface area (Å²) in [4.78, 5) is 11.8. The second kappa shape index (κ2) is 7.10. The van der Waals surface area contributed by atoms with Crippen molar-refractivity contribution in [3.8, 4) is 0 Å². The SMILES string of the molecule is CCc1ccc(NC(=O)NCc2ccc(Br)cc2)cc1. The molecule has 0 fully saturated rings. The van der Waals surface area contributed by atoms with Crippen molar-refractivity contribution < 1.29 is 4.79 Å². The van der Waals surface area contributed by atoms with Crippen molar-refractivity contribution in [3.63, 3.8) is 0 Å². The third kappa shape index (κ3) is 4.38. The third-order valence-corrected chi connectivity index (χ3v) is 3.52. The van der Waals surface area contributed by atoms with Crippen LogP contribution in [0, 0.1) is 0 Å². The van der Waals surface area contributed by atoms with Gasteiger partial charge in [0.2, 0.25) is 0 Å². The molecule has 2 N–H and O–H groups in total. The molecular formula is C16H17BrN2O. The lowest BCUT2D eigenvalue weighted by molar-refractivity contribution is 0.251. The molecule has 2 aromatic rings. The highest BCUT2D eigenvalue weighted by Gasteiger charge is 2.01. The second-order valence-electron chi connectivity index (χ2n) is 4.48. The number of aryl methyl sites for hydroxylation is 1. The summed E-state index contributed by atoms with van der Waals surface area (Å²) in [6.07, 6.45) is 0.996. The number of carbonyl (C=O) groups excluding carboxylic acids is 1. The van der Waals surface area contributed by atoms with Crippen LogP contribution >= 0.6 is 15.9 Å². The average molecular weight is 333 g/mol. The molecular weight excluding hydrogens is 316 g/mol. The van der Waals surface area contributed by atoms with E-state index >= 15 is 0 Å². The quantitative estimate of drug-likeness (QED) is 0.859. The monoisotopic (exact) mass is 332 g/mol. The van der Waals surface area contributed by atoms with E-state index in [9.17, 15) is 4.79 Å². The predicted octanol–water partition coefficient (Wildman–Crippen LogP) is 4.33. The Kier molecular flexibility index (Phi) is 5.18. The minimum Gasteiger partial charge on any atom is -0.334 e. The van der Waals surface area contributed by atoms with Crippen molar-refractivity contribution in [1.82, 2.24) is 5.32 Å². The van der Waals surface area contributed by atoms with Gasteiger partial charge in [-0.05, 0) is 41.8 Å². The number of nitrogens with one attached hydrogen (secondary N) is 2. The number of amides is 2. The Morgan fingerprint density at radius 3 is 2.20 bits per heavy atom. The first kappa shape index (κ1) is 14.6. The summed E-state index contributed by atoms with van der Waals surface area (Å²) in [5.74, 6) is 0. The predicted molar refractivity (Wildman–Crippen MR) is 85.8 cm³/mol. The number of benzene rings is 2. The van der Waals surface area contributed by atoms with Gasteiger partial charge < -0.3 is 10.6 Å². The Morgan fingerprint density at radius 2 is 1.60 bits per heavy atom. The van der Waals surface area contributed by atoms with Crippen LogP contribution in [0.3, 0.4) is 0 Å². The third-order valence-electron chi connectivity index (χ3n) is 2.99. The van der Waals surface area contributed by atoms with Crippen LogP contribution in [-0.2, 0) is 13.0 Å². The lowest BCUT2D eigenvalue weighted by Gasteiger charge is -2.08. The fraction of sp³-hybridized carbons (Fsp3) is 0.188. The van der Waals surface area contributed by atoms with E-state index in [1.807, 2.05) is 48.5 Å². The van der Waals surface area contributed by atoms with Crippen LogP contribution < -0.4 is 10.6 Å². The highest BCUT2D eigenvalue weighted by Crippen LogP contribution is 2.11. The van der Waals surface area contributed by atoms with Gasteiger partial charge >= 0.3 is 6.03 Å². The zero-order valence-corrected chi connectivity index (χ0v) is 12.9. The van der Waals surface area contributed by atoms with Crippen LogP contribution in [0.4, 0.5) is 10.5 Å². The Labute approximate surface area is 127 Å². The minimum atomic E-state index is -0.197. The molecule has 0 heterocycles. The topological polar surface area (TPSA) is 41.1 Å². The van der Waals surface area contributed by atoms with Gasteiger partial charge in [-0.2, -0.15) is 0 Å². The molecule has 0 saturated heterocycles. The van der Waals surface area contributed by atoms with Crippen LogP contribution in [0.15, 0.2) is 53.0 Å². The van der Waals surface area contributed by atoms with E-state index in [4.69, 9.17) is 0 Å². The smallest absolute Gasteiger partial charge is 0.319 e. The summed E-state index contributed by atoms with van der Waals surface area (Å²) in [6, 6.07) is 15.5. The largest absolute Gasteiger partial charge is 0.334 e. The summed E-state index contributed by atoms with van der Waals surface area (Å²) in [7, 11) is 0. The van der Waals surface area contributed by atoms with Crippen molar-refractivity contribution in [2.75, 3.05) is 5.32 Å². The molecule has 0 aliphatic carbocycles. The van der Waals surface area contributed by atoms with Crippen molar-refractivity contribution in [1.29, 1.82) is 0 Å². The Balaban J connectivity index is 1.84. The van der Waals surface area contributed by atoms with Gasteiger partial charge in [-0.1, -0.05) is 47.1 Å². The van der Waals surface area contributed by atoms with E-state index in [2.05, 4.69) is 33.5 Å². The first-order valence-electron chi connectivity index (χ1n) is 6.55. The van der Waals surface area contributed by atoms with E-state index in [0.717, 1.165) is 22.1 Å². The van der Waals surface area contributed by atoms with Gasteiger partial charge in [0, 0.05) is 16.7 Å². The van der Waals surface area contributed by atoms with Crippen molar-refractivity contribution >= 4 is 27.6 Å². The number of carbonyl (C=O) groups is 1. The first-order valence-corrected chi connectivity index (χ1v) is 7.35. The maximum Gasteiger partial charge on any atom is 0.319 e. The summed E-state index contributed by atoms with van der Waals surface area (Å²) in [6.45, 7) is 2.61. The molecule has 3 nitrogen and oxygen atoms in total. The number of hydrogen-bond donors (Lipinski definition) is 2. The van der Waals surface area contributed by atoms with Gasteiger partial charge in [0.15, 0.2) is 0 Å². The van der Waals surface area contributed by atoms with Gasteiger partial charge in [-0.25, -0.2) is 4.79 Å². The molecule has 0 aromatic heterocycles. The summed E-state index contributed by atoms with van der Waals surface area (Å²) >= 11 is 3.38. The number of urea groups is 1. The lowest BCUT2D eigenvalue weighted by Crippen LogP contribution is -2.28. The fourth-order valence-corrected chi connectivity index (χ4v) is 2.05. The first-order chi connectivity index (χ1) is 9.67. The zero-order valence-electron chi connectivity index (χ0n) is 11.3. The molecule has 2 aromatic carbocycles. The molecule has 20 heavy (non-hydrogen) atoms. The Hall–Kier alpha value is -1.81. The maximum atomic E-state index is 11.8. The number of anilines is 1. The van der Waals surface area contributed by atoms with E-state index in [0.29, 0.717) is 6.54 Å². The molecule has 0 radical (unpaired) electrons. The number of hydrogen-bond acceptors (Lipinski definition) is 1. The van der Waals surface area contributed by atoms with E-state index < -0.39 is 0 Å². The highest BCUT2D eigenvalue weighted by atomic mass is 79.9. The zero-order chi connectivity index (χ0) is 14.4. The van der Waals surface area contributed by atoms with Gasteiger partial charge in [-0.15, -0.1) is 0 Å². The minimum absolute atomic E-state index is 0.197. The highest BCUT2D eigenvalue weighted by molar-refractivity contribution is 9.10. The van der Waals surface area contributed by atoms with Crippen LogP contribution in [-0.4, -0.2) is 6.03 Å². The van der Waals surface area contributed by atoms with Crippen LogP contribution in [0.5, 0.6) is 0 Å². The van der Waals surface area contributed by atoms with Crippen LogP contribution in [0.2, 0.25) is 0 Å². The molecule has 2 rings (SSSR count). The molecule has 4 heteroatoms. The van der Waals surface area contributed by atoms with Gasteiger partial charge in [0.05, 0.1) is 0 Å². The molecule has 0 unspecified atom stereocenters. The van der Waals surface area contributed by atoms with E-state index in [-0.39, 0.29) is 6.03 Å². The van der Waals surface area contributed by atoms with Gasteiger partial charge in [0.1, 0.15) is 0 Å². The molecule has 0 atom stereocenters. The fourth-order valence-electron chi connectivity index (χ4n) is 1.78. The Bertz CT molecular complexity index is 564. The number of halogens is 1. The molecule has 0 spiro atoms. The van der Waals surface area contributed by atoms with Crippen molar-refractivity contribution in [2.45, 2.75) is 19.9 Å². The molecule has 0 aliphatic rings. The lowest BCUT2D eigenvalue weighted by atomic mass is 10.1. The molecule has 2 amide bonds. The summed E-state index contributed by atoms with van der Waals surface area (Å²) in [5, 5.41) is 5.65. The van der Waals surface area contributed by atoms with Crippen molar-refractivity contribution in [2.24, 2.45) is 0 Å². The number of rotatable bonds is 4. The van der Waals surface area contributed by atoms with Crippen LogP contribution in [0.1, 0.15) is 18.1 Å². The van der Waals surface area contributed by atoms with Gasteiger partial charge in [-0.3, -0.25) is 0 Å². The summed E-state index contributed by atoms with van der Waals surface area (Å²) in [5.41, 5.74) is 3.12. The van der Waals surface area contributed by atoms with Crippen molar-refractivity contribution in [3.05, 3.63) is 64.1 Å². The second-order valence-corrected chi connectivity index (χ2v) is 5.40.